The number of benzene rings is 1. The summed E-state index contributed by atoms with van der Waals surface area (Å²) in [5.41, 5.74) is 2.09. The van der Waals surface area contributed by atoms with Crippen molar-refractivity contribution >= 4 is 11.6 Å². The number of H-pyrrole nitrogens is 2. The molecule has 92 valence electrons. The molecule has 3 rings (SSSR count). The van der Waals surface area contributed by atoms with E-state index in [4.69, 9.17) is 0 Å². The zero-order chi connectivity index (χ0) is 12.7. The van der Waals surface area contributed by atoms with Gasteiger partial charge in [-0.1, -0.05) is 18.2 Å². The first-order valence-corrected chi connectivity index (χ1v) is 5.86. The molecular formula is C13H13N3O2. The maximum absolute atomic E-state index is 12.4. The maximum atomic E-state index is 12.4. The number of nitrogens with one attached hydrogen (secondary N) is 2. The molecule has 0 saturated carbocycles. The summed E-state index contributed by atoms with van der Waals surface area (Å²) >= 11 is 0. The highest BCUT2D eigenvalue weighted by atomic mass is 16.2. The minimum absolute atomic E-state index is 0.105. The van der Waals surface area contributed by atoms with E-state index < -0.39 is 0 Å². The summed E-state index contributed by atoms with van der Waals surface area (Å²) in [7, 11) is 0. The van der Waals surface area contributed by atoms with Crippen LogP contribution in [0.5, 0.6) is 0 Å². The van der Waals surface area contributed by atoms with Gasteiger partial charge in [-0.05, 0) is 25.0 Å². The highest BCUT2D eigenvalue weighted by molar-refractivity contribution is 6.06. The molecule has 5 heteroatoms. The van der Waals surface area contributed by atoms with E-state index in [-0.39, 0.29) is 17.5 Å². The summed E-state index contributed by atoms with van der Waals surface area (Å²) in [6.07, 6.45) is 0.844. The summed E-state index contributed by atoms with van der Waals surface area (Å²) in [6, 6.07) is 9.24. The van der Waals surface area contributed by atoms with E-state index in [0.29, 0.717) is 5.69 Å². The molecule has 0 fully saturated rings. The predicted octanol–water partition coefficient (Wildman–Crippen LogP) is 1.29. The lowest BCUT2D eigenvalue weighted by Crippen LogP contribution is -2.36. The van der Waals surface area contributed by atoms with E-state index in [2.05, 4.69) is 10.2 Å². The molecule has 0 saturated heterocycles. The third-order valence-corrected chi connectivity index (χ3v) is 3.25. The zero-order valence-electron chi connectivity index (χ0n) is 9.93. The highest BCUT2D eigenvalue weighted by Crippen LogP contribution is 2.32. The van der Waals surface area contributed by atoms with E-state index in [9.17, 15) is 9.59 Å². The molecule has 2 aromatic rings. The fourth-order valence-corrected chi connectivity index (χ4v) is 2.45. The third-order valence-electron chi connectivity index (χ3n) is 3.25. The molecule has 0 spiro atoms. The Morgan fingerprint density at radius 1 is 1.33 bits per heavy atom. The van der Waals surface area contributed by atoms with Crippen LogP contribution in [0.1, 0.15) is 23.0 Å². The van der Waals surface area contributed by atoms with Gasteiger partial charge in [0.1, 0.15) is 5.69 Å². The number of para-hydroxylation sites is 1. The Morgan fingerprint density at radius 2 is 2.11 bits per heavy atom. The van der Waals surface area contributed by atoms with Crippen LogP contribution in [0, 0.1) is 0 Å². The Morgan fingerprint density at radius 3 is 2.83 bits per heavy atom. The minimum Gasteiger partial charge on any atom is -0.304 e. The topological polar surface area (TPSA) is 69.0 Å². The number of nitrogens with zero attached hydrogens (tertiary/aromatic N) is 1. The van der Waals surface area contributed by atoms with Crippen LogP contribution in [0.3, 0.4) is 0 Å². The molecule has 1 aliphatic heterocycles. The van der Waals surface area contributed by atoms with Crippen molar-refractivity contribution in [1.29, 1.82) is 0 Å². The van der Waals surface area contributed by atoms with Gasteiger partial charge in [0.05, 0.1) is 0 Å². The number of hydrogen-bond donors (Lipinski definition) is 2. The minimum atomic E-state index is -0.293. The van der Waals surface area contributed by atoms with Crippen LogP contribution >= 0.6 is 0 Å². The third kappa shape index (κ3) is 1.55. The monoisotopic (exact) mass is 243 g/mol. The van der Waals surface area contributed by atoms with Crippen molar-refractivity contribution in [2.75, 3.05) is 4.90 Å². The molecule has 0 radical (unpaired) electrons. The number of amides is 1. The van der Waals surface area contributed by atoms with Crippen molar-refractivity contribution in [1.82, 2.24) is 10.2 Å². The van der Waals surface area contributed by atoms with Crippen LogP contribution in [0.2, 0.25) is 0 Å². The second kappa shape index (κ2) is 3.87. The molecular weight excluding hydrogens is 230 g/mol. The number of rotatable bonds is 1. The lowest BCUT2D eigenvalue weighted by molar-refractivity contribution is 0.0976. The van der Waals surface area contributed by atoms with Crippen molar-refractivity contribution in [3.63, 3.8) is 0 Å². The van der Waals surface area contributed by atoms with Crippen LogP contribution in [0.4, 0.5) is 5.69 Å². The average Bonchev–Trinajstić information content (AvgIpc) is 2.91. The van der Waals surface area contributed by atoms with Gasteiger partial charge >= 0.3 is 0 Å². The lowest BCUT2D eigenvalue weighted by Gasteiger charge is -2.21. The smallest absolute Gasteiger partial charge is 0.276 e. The predicted molar refractivity (Wildman–Crippen MR) is 67.8 cm³/mol. The first-order chi connectivity index (χ1) is 8.66. The van der Waals surface area contributed by atoms with E-state index in [0.717, 1.165) is 17.7 Å². The Bertz CT molecular complexity index is 656. The molecule has 0 aliphatic carbocycles. The van der Waals surface area contributed by atoms with E-state index in [1.807, 2.05) is 31.2 Å². The standard InChI is InChI=1S/C13H13N3O2/c1-8-6-9-4-2-3-5-11(9)16(8)13(18)10-7-12(17)15-14-10/h2-5,7-8H,6H2,1H3,(H2,14,15,17). The van der Waals surface area contributed by atoms with Gasteiger partial charge in [-0.2, -0.15) is 0 Å². The van der Waals surface area contributed by atoms with Crippen molar-refractivity contribution < 1.29 is 4.79 Å². The molecule has 18 heavy (non-hydrogen) atoms. The summed E-state index contributed by atoms with van der Waals surface area (Å²) in [5, 5.41) is 4.99. The molecule has 2 N–H and O–H groups in total. The fraction of sp³-hybridized carbons (Fsp3) is 0.231. The highest BCUT2D eigenvalue weighted by Gasteiger charge is 2.31. The Hall–Kier alpha value is -2.30. The van der Waals surface area contributed by atoms with Gasteiger partial charge in [0.25, 0.3) is 11.5 Å². The number of hydrogen-bond acceptors (Lipinski definition) is 2. The Kier molecular flexibility index (Phi) is 2.33. The molecule has 5 nitrogen and oxygen atoms in total. The first-order valence-electron chi connectivity index (χ1n) is 5.86. The van der Waals surface area contributed by atoms with Gasteiger partial charge in [-0.25, -0.2) is 0 Å². The Labute approximate surface area is 103 Å². The molecule has 1 amide bonds. The fourth-order valence-electron chi connectivity index (χ4n) is 2.45. The second-order valence-electron chi connectivity index (χ2n) is 4.53. The largest absolute Gasteiger partial charge is 0.304 e. The Balaban J connectivity index is 2.02. The maximum Gasteiger partial charge on any atom is 0.276 e. The summed E-state index contributed by atoms with van der Waals surface area (Å²) in [4.78, 5) is 25.2. The van der Waals surface area contributed by atoms with Crippen molar-refractivity contribution in [2.45, 2.75) is 19.4 Å². The van der Waals surface area contributed by atoms with Gasteiger partial charge in [-0.3, -0.25) is 19.8 Å². The second-order valence-corrected chi connectivity index (χ2v) is 4.53. The van der Waals surface area contributed by atoms with Crippen LogP contribution < -0.4 is 10.5 Å². The van der Waals surface area contributed by atoms with E-state index in [1.165, 1.54) is 6.07 Å². The van der Waals surface area contributed by atoms with Gasteiger partial charge < -0.3 is 4.90 Å². The van der Waals surface area contributed by atoms with E-state index in [1.54, 1.807) is 4.90 Å². The first kappa shape index (κ1) is 10.8. The molecule has 0 bridgehead atoms. The number of fused-ring (bicyclic) bond motifs is 1. The molecule has 1 aromatic heterocycles. The summed E-state index contributed by atoms with van der Waals surface area (Å²) < 4.78 is 0. The van der Waals surface area contributed by atoms with Gasteiger partial charge in [0, 0.05) is 17.8 Å². The molecule has 1 aliphatic rings. The van der Waals surface area contributed by atoms with Crippen molar-refractivity contribution in [2.24, 2.45) is 0 Å². The zero-order valence-corrected chi connectivity index (χ0v) is 9.93. The number of aromatic amines is 2. The molecule has 1 atom stereocenters. The quantitative estimate of drug-likeness (QED) is 0.792. The van der Waals surface area contributed by atoms with E-state index >= 15 is 0 Å². The van der Waals surface area contributed by atoms with Gasteiger partial charge in [0.15, 0.2) is 0 Å². The van der Waals surface area contributed by atoms with Crippen molar-refractivity contribution in [3.05, 3.63) is 51.9 Å². The number of anilines is 1. The van der Waals surface area contributed by atoms with Crippen LogP contribution in [-0.4, -0.2) is 22.1 Å². The van der Waals surface area contributed by atoms with Crippen LogP contribution in [-0.2, 0) is 6.42 Å². The lowest BCUT2D eigenvalue weighted by atomic mass is 10.1. The number of carbonyl (C=O) groups excluding carboxylic acids is 1. The van der Waals surface area contributed by atoms with Crippen LogP contribution in [0.25, 0.3) is 0 Å². The summed E-state index contributed by atoms with van der Waals surface area (Å²) in [6.45, 7) is 2.00. The molecule has 1 unspecified atom stereocenters. The van der Waals surface area contributed by atoms with Crippen molar-refractivity contribution in [3.8, 4) is 0 Å². The SMILES string of the molecule is CC1Cc2ccccc2N1C(=O)c1cc(=O)[nH][nH]1. The summed E-state index contributed by atoms with van der Waals surface area (Å²) in [5.74, 6) is -0.175. The number of aromatic nitrogens is 2. The van der Waals surface area contributed by atoms with Gasteiger partial charge in [0.2, 0.25) is 0 Å². The normalized spacial score (nSPS) is 17.8. The van der Waals surface area contributed by atoms with Gasteiger partial charge in [-0.15, -0.1) is 0 Å². The van der Waals surface area contributed by atoms with Crippen LogP contribution in [0.15, 0.2) is 35.1 Å². The average molecular weight is 243 g/mol. The molecule has 1 aromatic carbocycles. The number of carbonyl (C=O) groups is 1. The molecule has 2 heterocycles.